The van der Waals surface area contributed by atoms with Gasteiger partial charge >= 0.3 is 0 Å². The largest absolute Gasteiger partial charge is 0.481 e. The lowest BCUT2D eigenvalue weighted by molar-refractivity contribution is 0.395. The van der Waals surface area contributed by atoms with Crippen molar-refractivity contribution in [2.24, 2.45) is 5.92 Å². The molecule has 0 spiro atoms. The third kappa shape index (κ3) is 4.22. The van der Waals surface area contributed by atoms with Crippen molar-refractivity contribution in [3.8, 4) is 5.88 Å². The van der Waals surface area contributed by atoms with E-state index in [1.165, 1.54) is 12.1 Å². The number of anilines is 2. The van der Waals surface area contributed by atoms with Crippen LogP contribution < -0.4 is 14.5 Å². The summed E-state index contributed by atoms with van der Waals surface area (Å²) in [6.07, 6.45) is 2.76. The molecule has 0 saturated carbocycles. The van der Waals surface area contributed by atoms with E-state index in [0.29, 0.717) is 24.9 Å². The second kappa shape index (κ2) is 7.95. The number of ether oxygens (including phenoxy) is 1. The molecule has 1 aromatic carbocycles. The summed E-state index contributed by atoms with van der Waals surface area (Å²) in [6.45, 7) is 6.47. The van der Waals surface area contributed by atoms with Crippen LogP contribution in [0.1, 0.15) is 13.8 Å². The number of hydrogen-bond donors (Lipinski definition) is 0. The topological polar surface area (TPSA) is 62.7 Å². The number of pyridine rings is 1. The normalized spacial score (nSPS) is 17.9. The maximum atomic E-state index is 14.0. The van der Waals surface area contributed by atoms with Gasteiger partial charge in [0.1, 0.15) is 10.7 Å². The van der Waals surface area contributed by atoms with Crippen LogP contribution in [0.25, 0.3) is 0 Å². The Bertz CT molecular complexity index is 949. The lowest BCUT2D eigenvalue weighted by atomic mass is 9.98. The Morgan fingerprint density at radius 1 is 1.18 bits per heavy atom. The third-order valence-electron chi connectivity index (χ3n) is 5.13. The minimum absolute atomic E-state index is 0.201. The number of rotatable bonds is 5. The number of halogens is 1. The van der Waals surface area contributed by atoms with Crippen LogP contribution in [0.5, 0.6) is 5.88 Å². The van der Waals surface area contributed by atoms with E-state index in [9.17, 15) is 12.8 Å². The van der Waals surface area contributed by atoms with Crippen LogP contribution in [-0.2, 0) is 9.84 Å². The van der Waals surface area contributed by atoms with Gasteiger partial charge in [0.15, 0.2) is 9.84 Å². The standard InChI is InChI=1S/C20H26FN3O3S/c1-14(2)18-13-23(15-5-6-17(21)19(11-15)28(4,25)26)9-10-24(18)16-7-8-22-20(12-16)27-3/h5-8,11-12,14,18H,9-10,13H2,1-4H3/t18-/m0/s1. The van der Waals surface area contributed by atoms with Crippen LogP contribution in [0.4, 0.5) is 15.8 Å². The highest BCUT2D eigenvalue weighted by molar-refractivity contribution is 7.90. The van der Waals surface area contributed by atoms with E-state index in [0.717, 1.165) is 24.2 Å². The number of aromatic nitrogens is 1. The van der Waals surface area contributed by atoms with E-state index in [-0.39, 0.29) is 10.9 Å². The van der Waals surface area contributed by atoms with Gasteiger partial charge in [0.2, 0.25) is 5.88 Å². The van der Waals surface area contributed by atoms with Gasteiger partial charge in [-0.2, -0.15) is 0 Å². The number of benzene rings is 1. The molecule has 1 saturated heterocycles. The van der Waals surface area contributed by atoms with Gasteiger partial charge in [-0.3, -0.25) is 0 Å². The van der Waals surface area contributed by atoms with Crippen LogP contribution in [-0.4, -0.2) is 52.4 Å². The molecule has 152 valence electrons. The summed E-state index contributed by atoms with van der Waals surface area (Å²) >= 11 is 0. The molecule has 1 aliphatic heterocycles. The molecule has 1 aromatic heterocycles. The smallest absolute Gasteiger partial charge is 0.214 e. The zero-order valence-corrected chi connectivity index (χ0v) is 17.4. The first-order valence-electron chi connectivity index (χ1n) is 9.22. The van der Waals surface area contributed by atoms with Gasteiger partial charge in [-0.25, -0.2) is 17.8 Å². The van der Waals surface area contributed by atoms with Gasteiger partial charge in [0.25, 0.3) is 0 Å². The zero-order chi connectivity index (χ0) is 20.5. The molecular formula is C20H26FN3O3S. The first-order valence-corrected chi connectivity index (χ1v) is 11.1. The van der Waals surface area contributed by atoms with Crippen molar-refractivity contribution in [3.63, 3.8) is 0 Å². The molecule has 0 aliphatic carbocycles. The summed E-state index contributed by atoms with van der Waals surface area (Å²) in [7, 11) is -2.02. The van der Waals surface area contributed by atoms with Crippen molar-refractivity contribution in [3.05, 3.63) is 42.3 Å². The SMILES string of the molecule is COc1cc(N2CCN(c3ccc(F)c(S(C)(=O)=O)c3)C[C@H]2C(C)C)ccn1. The first-order chi connectivity index (χ1) is 13.2. The number of sulfone groups is 1. The molecule has 1 aliphatic rings. The third-order valence-corrected chi connectivity index (χ3v) is 6.24. The molecule has 3 rings (SSSR count). The Hall–Kier alpha value is -2.35. The molecule has 1 atom stereocenters. The summed E-state index contributed by atoms with van der Waals surface area (Å²) < 4.78 is 43.0. The molecule has 2 heterocycles. The van der Waals surface area contributed by atoms with Crippen LogP contribution in [0.3, 0.4) is 0 Å². The predicted molar refractivity (Wildman–Crippen MR) is 108 cm³/mol. The Morgan fingerprint density at radius 3 is 2.57 bits per heavy atom. The van der Waals surface area contributed by atoms with Gasteiger partial charge in [0, 0.05) is 55.6 Å². The van der Waals surface area contributed by atoms with Crippen molar-refractivity contribution in [2.45, 2.75) is 24.8 Å². The Balaban J connectivity index is 1.89. The van der Waals surface area contributed by atoms with Crippen molar-refractivity contribution in [2.75, 3.05) is 42.8 Å². The molecule has 0 N–H and O–H groups in total. The minimum atomic E-state index is -3.62. The maximum absolute atomic E-state index is 14.0. The van der Waals surface area contributed by atoms with E-state index in [1.54, 1.807) is 19.4 Å². The second-order valence-corrected chi connectivity index (χ2v) is 9.38. The summed E-state index contributed by atoms with van der Waals surface area (Å²) in [5.74, 6) is 0.213. The van der Waals surface area contributed by atoms with E-state index in [1.807, 2.05) is 12.1 Å². The molecular weight excluding hydrogens is 381 g/mol. The molecule has 28 heavy (non-hydrogen) atoms. The van der Waals surface area contributed by atoms with E-state index >= 15 is 0 Å². The number of piperazine rings is 1. The molecule has 0 bridgehead atoms. The number of methoxy groups -OCH3 is 1. The van der Waals surface area contributed by atoms with Crippen molar-refractivity contribution in [1.29, 1.82) is 0 Å². The fourth-order valence-electron chi connectivity index (χ4n) is 3.60. The highest BCUT2D eigenvalue weighted by atomic mass is 32.2. The lowest BCUT2D eigenvalue weighted by Gasteiger charge is -2.45. The fraction of sp³-hybridized carbons (Fsp3) is 0.450. The van der Waals surface area contributed by atoms with Crippen LogP contribution in [0, 0.1) is 11.7 Å². The monoisotopic (exact) mass is 407 g/mol. The molecule has 8 heteroatoms. The quantitative estimate of drug-likeness (QED) is 0.759. The average molecular weight is 408 g/mol. The van der Waals surface area contributed by atoms with E-state index < -0.39 is 15.7 Å². The molecule has 0 amide bonds. The van der Waals surface area contributed by atoms with Crippen LogP contribution in [0.2, 0.25) is 0 Å². The Labute approximate surface area is 165 Å². The number of nitrogens with zero attached hydrogens (tertiary/aromatic N) is 3. The average Bonchev–Trinajstić information content (AvgIpc) is 2.67. The Morgan fingerprint density at radius 2 is 1.93 bits per heavy atom. The summed E-state index contributed by atoms with van der Waals surface area (Å²) in [4.78, 5) is 8.36. The summed E-state index contributed by atoms with van der Waals surface area (Å²) in [6, 6.07) is 8.40. The molecule has 1 fully saturated rings. The van der Waals surface area contributed by atoms with Gasteiger partial charge in [0.05, 0.1) is 7.11 Å². The zero-order valence-electron chi connectivity index (χ0n) is 16.6. The molecule has 6 nitrogen and oxygen atoms in total. The van der Waals surface area contributed by atoms with E-state index in [4.69, 9.17) is 4.74 Å². The number of hydrogen-bond acceptors (Lipinski definition) is 6. The first kappa shape index (κ1) is 20.4. The van der Waals surface area contributed by atoms with E-state index in [2.05, 4.69) is 28.6 Å². The van der Waals surface area contributed by atoms with Crippen molar-refractivity contribution in [1.82, 2.24) is 4.98 Å². The summed E-state index contributed by atoms with van der Waals surface area (Å²) in [5, 5.41) is 0. The molecule has 2 aromatic rings. The van der Waals surface area contributed by atoms with Gasteiger partial charge < -0.3 is 14.5 Å². The van der Waals surface area contributed by atoms with Crippen molar-refractivity contribution >= 4 is 21.2 Å². The molecule has 0 unspecified atom stereocenters. The highest BCUT2D eigenvalue weighted by Crippen LogP contribution is 2.30. The molecule has 0 radical (unpaired) electrons. The summed E-state index contributed by atoms with van der Waals surface area (Å²) in [5.41, 5.74) is 1.76. The van der Waals surface area contributed by atoms with Crippen LogP contribution in [0.15, 0.2) is 41.4 Å². The van der Waals surface area contributed by atoms with Gasteiger partial charge in [-0.05, 0) is 30.2 Å². The van der Waals surface area contributed by atoms with Gasteiger partial charge in [-0.1, -0.05) is 13.8 Å². The fourth-order valence-corrected chi connectivity index (χ4v) is 4.35. The highest BCUT2D eigenvalue weighted by Gasteiger charge is 2.30. The van der Waals surface area contributed by atoms with Gasteiger partial charge in [-0.15, -0.1) is 0 Å². The Kier molecular flexibility index (Phi) is 5.79. The van der Waals surface area contributed by atoms with Crippen LogP contribution >= 0.6 is 0 Å². The minimum Gasteiger partial charge on any atom is -0.481 e. The maximum Gasteiger partial charge on any atom is 0.214 e. The predicted octanol–water partition coefficient (Wildman–Crippen LogP) is 2.98. The van der Waals surface area contributed by atoms with Crippen molar-refractivity contribution < 1.29 is 17.5 Å². The second-order valence-electron chi connectivity index (χ2n) is 7.39. The lowest BCUT2D eigenvalue weighted by Crippen LogP contribution is -2.55.